The standard InChI is InChI=1S/C28H26O4S/c1-6-33-26-17-23(13-16-25(26)32-28(30)19(4)5)22-9-7-20(8-10-22)21-11-14-24(15-12-21)31-27(29)18(2)3/h7-17H,2,4,6H2,1,3,5H3. The fourth-order valence-corrected chi connectivity index (χ4v) is 3.77. The van der Waals surface area contributed by atoms with Gasteiger partial charge in [0.05, 0.1) is 4.90 Å². The van der Waals surface area contributed by atoms with E-state index < -0.39 is 11.9 Å². The molecule has 0 atom stereocenters. The average molecular weight is 459 g/mol. The van der Waals surface area contributed by atoms with Crippen LogP contribution in [-0.4, -0.2) is 17.7 Å². The summed E-state index contributed by atoms with van der Waals surface area (Å²) < 4.78 is 10.7. The number of ether oxygens (including phenoxy) is 2. The van der Waals surface area contributed by atoms with E-state index in [4.69, 9.17) is 9.47 Å². The highest BCUT2D eigenvalue weighted by Gasteiger charge is 2.12. The van der Waals surface area contributed by atoms with Gasteiger partial charge in [-0.2, -0.15) is 0 Å². The van der Waals surface area contributed by atoms with Gasteiger partial charge < -0.3 is 9.47 Å². The summed E-state index contributed by atoms with van der Waals surface area (Å²) in [4.78, 5) is 24.5. The van der Waals surface area contributed by atoms with Gasteiger partial charge in [-0.15, -0.1) is 11.8 Å². The fraction of sp³-hybridized carbons (Fsp3) is 0.143. The van der Waals surface area contributed by atoms with Gasteiger partial charge in [0, 0.05) is 11.1 Å². The number of hydrogen-bond acceptors (Lipinski definition) is 5. The van der Waals surface area contributed by atoms with E-state index in [0.29, 0.717) is 22.6 Å². The highest BCUT2D eigenvalue weighted by atomic mass is 32.2. The molecule has 0 aliphatic carbocycles. The predicted octanol–water partition coefficient (Wildman–Crippen LogP) is 7.10. The SMILES string of the molecule is C=C(C)C(=O)Oc1ccc(-c2ccc(-c3ccc(OC(=O)C(=C)C)c(SCC)c3)cc2)cc1. The Morgan fingerprint density at radius 2 is 1.18 bits per heavy atom. The molecular weight excluding hydrogens is 432 g/mol. The Labute approximate surface area is 198 Å². The van der Waals surface area contributed by atoms with Gasteiger partial charge in [-0.1, -0.05) is 62.5 Å². The van der Waals surface area contributed by atoms with Crippen LogP contribution in [0.3, 0.4) is 0 Å². The topological polar surface area (TPSA) is 52.6 Å². The van der Waals surface area contributed by atoms with Crippen molar-refractivity contribution in [2.75, 3.05) is 5.75 Å². The summed E-state index contributed by atoms with van der Waals surface area (Å²) in [5.41, 5.74) is 4.88. The number of carbonyl (C=O) groups is 2. The zero-order valence-corrected chi connectivity index (χ0v) is 19.8. The van der Waals surface area contributed by atoms with Crippen molar-refractivity contribution in [3.8, 4) is 33.8 Å². The van der Waals surface area contributed by atoms with Crippen molar-refractivity contribution in [2.24, 2.45) is 0 Å². The van der Waals surface area contributed by atoms with E-state index >= 15 is 0 Å². The molecule has 3 aromatic carbocycles. The summed E-state index contributed by atoms with van der Waals surface area (Å²) in [6.45, 7) is 12.5. The molecule has 0 amide bonds. The second-order valence-electron chi connectivity index (χ2n) is 7.54. The van der Waals surface area contributed by atoms with Gasteiger partial charge in [0.2, 0.25) is 0 Å². The maximum absolute atomic E-state index is 11.9. The van der Waals surface area contributed by atoms with Crippen LogP contribution < -0.4 is 9.47 Å². The molecule has 0 spiro atoms. The third-order valence-corrected chi connectivity index (χ3v) is 5.68. The molecule has 3 aromatic rings. The van der Waals surface area contributed by atoms with Crippen LogP contribution in [0.4, 0.5) is 0 Å². The lowest BCUT2D eigenvalue weighted by Gasteiger charge is -2.12. The predicted molar refractivity (Wildman–Crippen MR) is 135 cm³/mol. The Hall–Kier alpha value is -3.57. The first-order valence-electron chi connectivity index (χ1n) is 10.5. The minimum Gasteiger partial charge on any atom is -0.423 e. The van der Waals surface area contributed by atoms with E-state index in [2.05, 4.69) is 32.2 Å². The minimum atomic E-state index is -0.437. The number of carbonyl (C=O) groups excluding carboxylic acids is 2. The molecule has 4 nitrogen and oxygen atoms in total. The molecule has 0 aliphatic heterocycles. The lowest BCUT2D eigenvalue weighted by atomic mass is 10.0. The third kappa shape index (κ3) is 6.24. The first kappa shape index (κ1) is 24.1. The minimum absolute atomic E-state index is 0.358. The molecule has 3 rings (SSSR count). The highest BCUT2D eigenvalue weighted by Crippen LogP contribution is 2.35. The van der Waals surface area contributed by atoms with Gasteiger partial charge in [-0.3, -0.25) is 0 Å². The maximum Gasteiger partial charge on any atom is 0.338 e. The van der Waals surface area contributed by atoms with E-state index in [1.54, 1.807) is 37.7 Å². The Kier molecular flexibility index (Phi) is 7.91. The fourth-order valence-electron chi connectivity index (χ4n) is 2.99. The largest absolute Gasteiger partial charge is 0.423 e. The molecular formula is C28H26O4S. The zero-order chi connectivity index (χ0) is 24.0. The third-order valence-electron chi connectivity index (χ3n) is 4.76. The molecule has 0 saturated heterocycles. The smallest absolute Gasteiger partial charge is 0.338 e. The molecule has 0 radical (unpaired) electrons. The molecule has 168 valence electrons. The second-order valence-corrected chi connectivity index (χ2v) is 8.84. The average Bonchev–Trinajstić information content (AvgIpc) is 2.81. The number of rotatable bonds is 8. The Morgan fingerprint density at radius 1 is 0.727 bits per heavy atom. The van der Waals surface area contributed by atoms with Crippen LogP contribution in [0.15, 0.2) is 95.9 Å². The van der Waals surface area contributed by atoms with E-state index in [1.807, 2.05) is 42.5 Å². The van der Waals surface area contributed by atoms with Crippen molar-refractivity contribution >= 4 is 23.7 Å². The van der Waals surface area contributed by atoms with Crippen LogP contribution in [0.25, 0.3) is 22.3 Å². The van der Waals surface area contributed by atoms with Crippen molar-refractivity contribution in [3.63, 3.8) is 0 Å². The molecule has 0 N–H and O–H groups in total. The Balaban J connectivity index is 1.80. The van der Waals surface area contributed by atoms with Gasteiger partial charge in [0.15, 0.2) is 0 Å². The first-order valence-corrected chi connectivity index (χ1v) is 11.5. The molecule has 33 heavy (non-hydrogen) atoms. The summed E-state index contributed by atoms with van der Waals surface area (Å²) in [5.74, 6) is 1.02. The Bertz CT molecular complexity index is 1190. The quantitative estimate of drug-likeness (QED) is 0.156. The van der Waals surface area contributed by atoms with Crippen molar-refractivity contribution in [1.29, 1.82) is 0 Å². The number of esters is 2. The molecule has 0 bridgehead atoms. The number of hydrogen-bond donors (Lipinski definition) is 0. The van der Waals surface area contributed by atoms with Crippen LogP contribution in [0, 0.1) is 0 Å². The summed E-state index contributed by atoms with van der Waals surface area (Å²) in [7, 11) is 0. The van der Waals surface area contributed by atoms with Crippen molar-refractivity contribution in [2.45, 2.75) is 25.7 Å². The maximum atomic E-state index is 11.9. The first-order chi connectivity index (χ1) is 15.8. The van der Waals surface area contributed by atoms with Gasteiger partial charge in [-0.05, 0) is 66.1 Å². The summed E-state index contributed by atoms with van der Waals surface area (Å²) in [6, 6.07) is 21.4. The van der Waals surface area contributed by atoms with E-state index in [1.165, 1.54) is 0 Å². The van der Waals surface area contributed by atoms with Crippen molar-refractivity contribution < 1.29 is 19.1 Å². The molecule has 0 fully saturated rings. The molecule has 0 saturated carbocycles. The molecule has 0 unspecified atom stereocenters. The van der Waals surface area contributed by atoms with E-state index in [9.17, 15) is 9.59 Å². The number of thioether (sulfide) groups is 1. The summed E-state index contributed by atoms with van der Waals surface area (Å²) >= 11 is 1.62. The second kappa shape index (κ2) is 10.8. The van der Waals surface area contributed by atoms with Crippen LogP contribution in [0.5, 0.6) is 11.5 Å². The normalized spacial score (nSPS) is 10.4. The lowest BCUT2D eigenvalue weighted by Crippen LogP contribution is -2.08. The Morgan fingerprint density at radius 3 is 1.70 bits per heavy atom. The van der Waals surface area contributed by atoms with Crippen LogP contribution in [0.1, 0.15) is 20.8 Å². The zero-order valence-electron chi connectivity index (χ0n) is 19.0. The monoisotopic (exact) mass is 458 g/mol. The van der Waals surface area contributed by atoms with Gasteiger partial charge in [0.1, 0.15) is 11.5 Å². The van der Waals surface area contributed by atoms with Gasteiger partial charge in [-0.25, -0.2) is 9.59 Å². The van der Waals surface area contributed by atoms with E-state index in [-0.39, 0.29) is 0 Å². The van der Waals surface area contributed by atoms with Crippen LogP contribution in [0.2, 0.25) is 0 Å². The van der Waals surface area contributed by atoms with Gasteiger partial charge in [0.25, 0.3) is 0 Å². The molecule has 0 heterocycles. The summed E-state index contributed by atoms with van der Waals surface area (Å²) in [5, 5.41) is 0. The highest BCUT2D eigenvalue weighted by molar-refractivity contribution is 7.99. The lowest BCUT2D eigenvalue weighted by molar-refractivity contribution is -0.131. The van der Waals surface area contributed by atoms with Crippen LogP contribution >= 0.6 is 11.8 Å². The van der Waals surface area contributed by atoms with Crippen LogP contribution in [-0.2, 0) is 9.59 Å². The summed E-state index contributed by atoms with van der Waals surface area (Å²) in [6.07, 6.45) is 0. The number of benzene rings is 3. The van der Waals surface area contributed by atoms with Crippen molar-refractivity contribution in [1.82, 2.24) is 0 Å². The van der Waals surface area contributed by atoms with Crippen molar-refractivity contribution in [3.05, 3.63) is 91.0 Å². The molecule has 0 aliphatic rings. The van der Waals surface area contributed by atoms with Gasteiger partial charge >= 0.3 is 11.9 Å². The van der Waals surface area contributed by atoms with E-state index in [0.717, 1.165) is 32.9 Å². The molecule has 5 heteroatoms. The molecule has 0 aromatic heterocycles.